The lowest BCUT2D eigenvalue weighted by Gasteiger charge is -2.36. The molecule has 0 radical (unpaired) electrons. The Hall–Kier alpha value is -0.380. The predicted octanol–water partition coefficient (Wildman–Crippen LogP) is 2.87. The third kappa shape index (κ3) is 2.84. The van der Waals surface area contributed by atoms with Gasteiger partial charge in [0, 0.05) is 17.5 Å². The van der Waals surface area contributed by atoms with Gasteiger partial charge < -0.3 is 5.11 Å². The normalized spacial score (nSPS) is 26.2. The number of likely N-dealkylation sites (N-methyl/N-ethyl adjacent to an activating group) is 1. The molecule has 1 heterocycles. The lowest BCUT2D eigenvalue weighted by atomic mass is 9.91. The van der Waals surface area contributed by atoms with E-state index in [9.17, 15) is 5.11 Å². The fraction of sp³-hybridized carbons (Fsp3) is 0.692. The lowest BCUT2D eigenvalue weighted by Crippen LogP contribution is -2.44. The zero-order chi connectivity index (χ0) is 11.4. The van der Waals surface area contributed by atoms with E-state index in [1.54, 1.807) is 0 Å². The van der Waals surface area contributed by atoms with Crippen LogP contribution < -0.4 is 0 Å². The number of nitrogens with zero attached hydrogens (tertiary/aromatic N) is 1. The van der Waals surface area contributed by atoms with Gasteiger partial charge in [-0.25, -0.2) is 0 Å². The molecule has 1 aromatic heterocycles. The summed E-state index contributed by atoms with van der Waals surface area (Å²) in [6.07, 6.45) is 4.47. The van der Waals surface area contributed by atoms with Crippen LogP contribution in [0.5, 0.6) is 0 Å². The van der Waals surface area contributed by atoms with Gasteiger partial charge in [0.15, 0.2) is 0 Å². The average molecular weight is 239 g/mol. The molecule has 1 N–H and O–H groups in total. The van der Waals surface area contributed by atoms with E-state index in [0.717, 1.165) is 25.9 Å². The van der Waals surface area contributed by atoms with Gasteiger partial charge in [-0.2, -0.15) is 0 Å². The molecule has 16 heavy (non-hydrogen) atoms. The highest BCUT2D eigenvalue weighted by Crippen LogP contribution is 2.25. The molecule has 1 aliphatic rings. The number of aliphatic hydroxyl groups is 1. The molecule has 0 bridgehead atoms. The monoisotopic (exact) mass is 239 g/mol. The van der Waals surface area contributed by atoms with Crippen LogP contribution in [0.3, 0.4) is 0 Å². The van der Waals surface area contributed by atoms with Gasteiger partial charge in [0.25, 0.3) is 0 Å². The van der Waals surface area contributed by atoms with Crippen molar-refractivity contribution >= 4 is 11.3 Å². The molecule has 0 unspecified atom stereocenters. The topological polar surface area (TPSA) is 23.5 Å². The van der Waals surface area contributed by atoms with Crippen molar-refractivity contribution in [3.63, 3.8) is 0 Å². The molecule has 1 saturated carbocycles. The molecule has 0 saturated heterocycles. The maximum atomic E-state index is 10.1. The van der Waals surface area contributed by atoms with Gasteiger partial charge in [0.2, 0.25) is 0 Å². The van der Waals surface area contributed by atoms with Crippen molar-refractivity contribution in [2.75, 3.05) is 6.54 Å². The Kier molecular flexibility index (Phi) is 4.38. The maximum absolute atomic E-state index is 10.1. The van der Waals surface area contributed by atoms with Crippen LogP contribution in [0.15, 0.2) is 17.5 Å². The van der Waals surface area contributed by atoms with Crippen molar-refractivity contribution in [1.82, 2.24) is 4.90 Å². The molecule has 0 amide bonds. The zero-order valence-corrected chi connectivity index (χ0v) is 10.7. The summed E-state index contributed by atoms with van der Waals surface area (Å²) < 4.78 is 0. The second kappa shape index (κ2) is 5.80. The largest absolute Gasteiger partial charge is 0.391 e. The van der Waals surface area contributed by atoms with Crippen molar-refractivity contribution in [2.24, 2.45) is 0 Å². The quantitative estimate of drug-likeness (QED) is 0.873. The van der Waals surface area contributed by atoms with Crippen LogP contribution in [-0.2, 0) is 6.54 Å². The first-order valence-electron chi connectivity index (χ1n) is 6.25. The van der Waals surface area contributed by atoms with Crippen LogP contribution in [-0.4, -0.2) is 28.7 Å². The number of rotatable bonds is 4. The van der Waals surface area contributed by atoms with Crippen molar-refractivity contribution in [3.8, 4) is 0 Å². The maximum Gasteiger partial charge on any atom is 0.0695 e. The van der Waals surface area contributed by atoms with Crippen LogP contribution in [0.2, 0.25) is 0 Å². The molecule has 0 spiro atoms. The molecule has 3 heteroatoms. The first-order valence-corrected chi connectivity index (χ1v) is 7.13. The minimum atomic E-state index is -0.117. The van der Waals surface area contributed by atoms with E-state index in [-0.39, 0.29) is 6.10 Å². The molecule has 0 aliphatic heterocycles. The molecule has 1 fully saturated rings. The second-order valence-electron chi connectivity index (χ2n) is 4.56. The molecule has 2 rings (SSSR count). The number of thiophene rings is 1. The van der Waals surface area contributed by atoms with Crippen LogP contribution in [0.25, 0.3) is 0 Å². The van der Waals surface area contributed by atoms with E-state index < -0.39 is 0 Å². The number of hydrogen-bond acceptors (Lipinski definition) is 3. The van der Waals surface area contributed by atoms with Crippen LogP contribution >= 0.6 is 11.3 Å². The summed E-state index contributed by atoms with van der Waals surface area (Å²) in [5.41, 5.74) is 0. The van der Waals surface area contributed by atoms with Crippen molar-refractivity contribution in [1.29, 1.82) is 0 Å². The van der Waals surface area contributed by atoms with Gasteiger partial charge in [0.05, 0.1) is 6.10 Å². The molecule has 1 aromatic rings. The SMILES string of the molecule is CCN(Cc1cccs1)[C@@H]1CCCC[C@H]1O. The van der Waals surface area contributed by atoms with Crippen molar-refractivity contribution in [3.05, 3.63) is 22.4 Å². The summed E-state index contributed by atoms with van der Waals surface area (Å²) in [5, 5.41) is 12.2. The first-order chi connectivity index (χ1) is 7.81. The summed E-state index contributed by atoms with van der Waals surface area (Å²) in [7, 11) is 0. The Balaban J connectivity index is 1.98. The van der Waals surface area contributed by atoms with Gasteiger partial charge in [-0.1, -0.05) is 25.8 Å². The lowest BCUT2D eigenvalue weighted by molar-refractivity contribution is 0.0187. The fourth-order valence-corrected chi connectivity index (χ4v) is 3.31. The average Bonchev–Trinajstić information content (AvgIpc) is 2.80. The smallest absolute Gasteiger partial charge is 0.0695 e. The minimum absolute atomic E-state index is 0.117. The highest BCUT2D eigenvalue weighted by atomic mass is 32.1. The molecule has 0 aromatic carbocycles. The van der Waals surface area contributed by atoms with Gasteiger partial charge in [-0.15, -0.1) is 11.3 Å². The van der Waals surface area contributed by atoms with Gasteiger partial charge in [-0.3, -0.25) is 4.90 Å². The van der Waals surface area contributed by atoms with E-state index in [1.165, 1.54) is 17.7 Å². The number of aliphatic hydroxyl groups excluding tert-OH is 1. The second-order valence-corrected chi connectivity index (χ2v) is 5.59. The Labute approximate surface area is 102 Å². The van der Waals surface area contributed by atoms with Gasteiger partial charge in [-0.05, 0) is 30.8 Å². The summed E-state index contributed by atoms with van der Waals surface area (Å²) in [5.74, 6) is 0. The van der Waals surface area contributed by atoms with Crippen LogP contribution in [0.4, 0.5) is 0 Å². The van der Waals surface area contributed by atoms with E-state index >= 15 is 0 Å². The summed E-state index contributed by atoms with van der Waals surface area (Å²) in [6, 6.07) is 4.66. The summed E-state index contributed by atoms with van der Waals surface area (Å²) >= 11 is 1.81. The fourth-order valence-electron chi connectivity index (χ4n) is 2.58. The summed E-state index contributed by atoms with van der Waals surface area (Å²) in [4.78, 5) is 3.83. The molecule has 1 aliphatic carbocycles. The van der Waals surface area contributed by atoms with Gasteiger partial charge >= 0.3 is 0 Å². The van der Waals surface area contributed by atoms with Crippen LogP contribution in [0.1, 0.15) is 37.5 Å². The Morgan fingerprint density at radius 3 is 2.88 bits per heavy atom. The molecular formula is C13H21NOS. The molecule has 90 valence electrons. The predicted molar refractivity (Wildman–Crippen MR) is 68.7 cm³/mol. The van der Waals surface area contributed by atoms with Crippen molar-refractivity contribution in [2.45, 2.75) is 51.3 Å². The molecular weight excluding hydrogens is 218 g/mol. The highest BCUT2D eigenvalue weighted by Gasteiger charge is 2.27. The molecule has 2 atom stereocenters. The third-order valence-corrected chi connectivity index (χ3v) is 4.37. The van der Waals surface area contributed by atoms with Crippen molar-refractivity contribution < 1.29 is 5.11 Å². The highest BCUT2D eigenvalue weighted by molar-refractivity contribution is 7.09. The Morgan fingerprint density at radius 2 is 2.25 bits per heavy atom. The Bertz CT molecular complexity index is 299. The number of hydrogen-bond donors (Lipinski definition) is 1. The van der Waals surface area contributed by atoms with Gasteiger partial charge in [0.1, 0.15) is 0 Å². The Morgan fingerprint density at radius 1 is 1.44 bits per heavy atom. The summed E-state index contributed by atoms with van der Waals surface area (Å²) in [6.45, 7) is 4.21. The van der Waals surface area contributed by atoms with E-state index in [2.05, 4.69) is 29.3 Å². The minimum Gasteiger partial charge on any atom is -0.391 e. The van der Waals surface area contributed by atoms with Crippen LogP contribution in [0, 0.1) is 0 Å². The standard InChI is InChI=1S/C13H21NOS/c1-2-14(10-11-6-5-9-16-11)12-7-3-4-8-13(12)15/h5-6,9,12-13,15H,2-4,7-8,10H2,1H3/t12-,13-/m1/s1. The van der Waals surface area contributed by atoms with E-state index in [1.807, 2.05) is 11.3 Å². The zero-order valence-electron chi connectivity index (χ0n) is 9.93. The molecule has 2 nitrogen and oxygen atoms in total. The first kappa shape index (κ1) is 12.1. The van der Waals surface area contributed by atoms with E-state index in [0.29, 0.717) is 6.04 Å². The third-order valence-electron chi connectivity index (χ3n) is 3.51. The van der Waals surface area contributed by atoms with E-state index in [4.69, 9.17) is 0 Å².